The van der Waals surface area contributed by atoms with Crippen LogP contribution in [0.1, 0.15) is 52.4 Å². The first-order chi connectivity index (χ1) is 6.22. The molecule has 0 rings (SSSR count). The Kier molecular flexibility index (Phi) is 8.11. The van der Waals surface area contributed by atoms with Gasteiger partial charge in [0, 0.05) is 0 Å². The van der Waals surface area contributed by atoms with Gasteiger partial charge in [-0.1, -0.05) is 32.8 Å². The number of aliphatic hydroxyl groups is 1. The van der Waals surface area contributed by atoms with Gasteiger partial charge in [-0.15, -0.1) is 6.58 Å². The number of allylic oxidation sites excluding steroid dienone is 1. The van der Waals surface area contributed by atoms with E-state index in [4.69, 9.17) is 0 Å². The highest BCUT2D eigenvalue weighted by molar-refractivity contribution is 4.66. The van der Waals surface area contributed by atoms with Crippen LogP contribution in [0.15, 0.2) is 12.7 Å². The molecule has 0 aliphatic rings. The van der Waals surface area contributed by atoms with Crippen molar-refractivity contribution in [3.63, 3.8) is 0 Å². The number of rotatable bonds is 8. The molecule has 0 bridgehead atoms. The van der Waals surface area contributed by atoms with Crippen LogP contribution < -0.4 is 0 Å². The molecule has 0 heterocycles. The maximum absolute atomic E-state index is 9.51. The molecule has 1 nitrogen and oxygen atoms in total. The van der Waals surface area contributed by atoms with E-state index in [1.54, 1.807) is 0 Å². The second-order valence-corrected chi connectivity index (χ2v) is 3.88. The molecule has 2 atom stereocenters. The highest BCUT2D eigenvalue weighted by Gasteiger charge is 2.10. The number of hydrogen-bond acceptors (Lipinski definition) is 1. The van der Waals surface area contributed by atoms with Crippen LogP contribution in [-0.4, -0.2) is 11.2 Å². The minimum absolute atomic E-state index is 0.0978. The Balaban J connectivity index is 3.26. The van der Waals surface area contributed by atoms with E-state index in [0.717, 1.165) is 19.3 Å². The van der Waals surface area contributed by atoms with E-state index in [9.17, 15) is 5.11 Å². The summed E-state index contributed by atoms with van der Waals surface area (Å²) in [4.78, 5) is 0. The first-order valence-electron chi connectivity index (χ1n) is 5.51. The van der Waals surface area contributed by atoms with E-state index in [0.29, 0.717) is 5.92 Å². The monoisotopic (exact) mass is 184 g/mol. The summed E-state index contributed by atoms with van der Waals surface area (Å²) in [5.74, 6) is 0.466. The van der Waals surface area contributed by atoms with E-state index >= 15 is 0 Å². The zero-order chi connectivity index (χ0) is 10.1. The number of aliphatic hydroxyl groups excluding tert-OH is 1. The van der Waals surface area contributed by atoms with Crippen molar-refractivity contribution in [3.05, 3.63) is 12.7 Å². The van der Waals surface area contributed by atoms with Crippen molar-refractivity contribution in [2.75, 3.05) is 0 Å². The maximum atomic E-state index is 9.51. The van der Waals surface area contributed by atoms with Crippen LogP contribution in [0.4, 0.5) is 0 Å². The van der Waals surface area contributed by atoms with Gasteiger partial charge in [0.15, 0.2) is 0 Å². The highest BCUT2D eigenvalue weighted by atomic mass is 16.3. The summed E-state index contributed by atoms with van der Waals surface area (Å²) in [6.45, 7) is 7.88. The smallest absolute Gasteiger partial charge is 0.0563 e. The third-order valence-corrected chi connectivity index (χ3v) is 2.64. The largest absolute Gasteiger partial charge is 0.393 e. The molecule has 1 heteroatoms. The molecule has 0 aliphatic heterocycles. The molecule has 0 spiro atoms. The highest BCUT2D eigenvalue weighted by Crippen LogP contribution is 2.15. The van der Waals surface area contributed by atoms with Gasteiger partial charge in [0.1, 0.15) is 0 Å². The maximum Gasteiger partial charge on any atom is 0.0563 e. The fourth-order valence-electron chi connectivity index (χ4n) is 1.53. The number of unbranched alkanes of at least 4 members (excludes halogenated alkanes) is 3. The standard InChI is InChI=1S/C12H24O/c1-4-6-7-8-9-10-11(3)12(13)5-2/h4,11-13H,1,5-10H2,2-3H3. The summed E-state index contributed by atoms with van der Waals surface area (Å²) in [6.07, 6.45) is 8.81. The van der Waals surface area contributed by atoms with Crippen molar-refractivity contribution >= 4 is 0 Å². The summed E-state index contributed by atoms with van der Waals surface area (Å²) in [5.41, 5.74) is 0. The number of hydrogen-bond donors (Lipinski definition) is 1. The molecule has 0 saturated carbocycles. The molecule has 0 aromatic carbocycles. The Morgan fingerprint density at radius 1 is 1.31 bits per heavy atom. The minimum atomic E-state index is -0.0978. The lowest BCUT2D eigenvalue weighted by Crippen LogP contribution is -2.15. The summed E-state index contributed by atoms with van der Waals surface area (Å²) >= 11 is 0. The van der Waals surface area contributed by atoms with Crippen LogP contribution >= 0.6 is 0 Å². The molecule has 0 radical (unpaired) electrons. The van der Waals surface area contributed by atoms with Gasteiger partial charge in [-0.2, -0.15) is 0 Å². The van der Waals surface area contributed by atoms with E-state index in [1.807, 2.05) is 13.0 Å². The Morgan fingerprint density at radius 2 is 2.00 bits per heavy atom. The van der Waals surface area contributed by atoms with Gasteiger partial charge in [-0.3, -0.25) is 0 Å². The molecular formula is C12H24O. The molecule has 13 heavy (non-hydrogen) atoms. The van der Waals surface area contributed by atoms with Crippen molar-refractivity contribution in [1.29, 1.82) is 0 Å². The Labute approximate surface area is 82.9 Å². The zero-order valence-electron chi connectivity index (χ0n) is 9.13. The Bertz CT molecular complexity index is 120. The topological polar surface area (TPSA) is 20.2 Å². The van der Waals surface area contributed by atoms with E-state index < -0.39 is 0 Å². The van der Waals surface area contributed by atoms with Crippen LogP contribution in [0.25, 0.3) is 0 Å². The first kappa shape index (κ1) is 12.7. The van der Waals surface area contributed by atoms with Crippen molar-refractivity contribution in [2.45, 2.75) is 58.5 Å². The second-order valence-electron chi connectivity index (χ2n) is 3.88. The minimum Gasteiger partial charge on any atom is -0.393 e. The molecule has 1 N–H and O–H groups in total. The van der Waals surface area contributed by atoms with Gasteiger partial charge in [-0.05, 0) is 31.6 Å². The van der Waals surface area contributed by atoms with Gasteiger partial charge in [0.05, 0.1) is 6.10 Å². The summed E-state index contributed by atoms with van der Waals surface area (Å²) in [5, 5.41) is 9.51. The SMILES string of the molecule is C=CCCCCCC(C)C(O)CC. The molecule has 0 fully saturated rings. The van der Waals surface area contributed by atoms with Gasteiger partial charge < -0.3 is 5.11 Å². The molecule has 0 amide bonds. The lowest BCUT2D eigenvalue weighted by molar-refractivity contribution is 0.106. The molecule has 0 aromatic heterocycles. The van der Waals surface area contributed by atoms with Crippen molar-refractivity contribution in [2.24, 2.45) is 5.92 Å². The third-order valence-electron chi connectivity index (χ3n) is 2.64. The zero-order valence-corrected chi connectivity index (χ0v) is 9.13. The quantitative estimate of drug-likeness (QED) is 0.452. The Hall–Kier alpha value is -0.300. The van der Waals surface area contributed by atoms with Crippen LogP contribution in [0.3, 0.4) is 0 Å². The van der Waals surface area contributed by atoms with Crippen molar-refractivity contribution < 1.29 is 5.11 Å². The summed E-state index contributed by atoms with van der Waals surface area (Å²) in [6, 6.07) is 0. The van der Waals surface area contributed by atoms with Crippen molar-refractivity contribution in [1.82, 2.24) is 0 Å². The normalized spacial score (nSPS) is 15.3. The van der Waals surface area contributed by atoms with Crippen LogP contribution in [-0.2, 0) is 0 Å². The Morgan fingerprint density at radius 3 is 2.54 bits per heavy atom. The predicted molar refractivity (Wildman–Crippen MR) is 58.7 cm³/mol. The molecule has 0 aliphatic carbocycles. The second kappa shape index (κ2) is 8.31. The van der Waals surface area contributed by atoms with E-state index in [2.05, 4.69) is 13.5 Å². The van der Waals surface area contributed by atoms with Crippen LogP contribution in [0.2, 0.25) is 0 Å². The molecule has 0 aromatic rings. The van der Waals surface area contributed by atoms with Gasteiger partial charge >= 0.3 is 0 Å². The average Bonchev–Trinajstić information content (AvgIpc) is 2.16. The lowest BCUT2D eigenvalue weighted by Gasteiger charge is -2.16. The average molecular weight is 184 g/mol. The van der Waals surface area contributed by atoms with Gasteiger partial charge in [0.2, 0.25) is 0 Å². The fraction of sp³-hybridized carbons (Fsp3) is 0.833. The summed E-state index contributed by atoms with van der Waals surface area (Å²) < 4.78 is 0. The van der Waals surface area contributed by atoms with E-state index in [1.165, 1.54) is 19.3 Å². The van der Waals surface area contributed by atoms with Gasteiger partial charge in [-0.25, -0.2) is 0 Å². The molecule has 0 saturated heterocycles. The molecule has 78 valence electrons. The third kappa shape index (κ3) is 6.83. The lowest BCUT2D eigenvalue weighted by atomic mass is 9.96. The van der Waals surface area contributed by atoms with E-state index in [-0.39, 0.29) is 6.10 Å². The van der Waals surface area contributed by atoms with Gasteiger partial charge in [0.25, 0.3) is 0 Å². The van der Waals surface area contributed by atoms with Crippen molar-refractivity contribution in [3.8, 4) is 0 Å². The fourth-order valence-corrected chi connectivity index (χ4v) is 1.53. The molecular weight excluding hydrogens is 160 g/mol. The predicted octanol–water partition coefficient (Wildman–Crippen LogP) is 3.53. The summed E-state index contributed by atoms with van der Waals surface area (Å²) in [7, 11) is 0. The van der Waals surface area contributed by atoms with Crippen LogP contribution in [0, 0.1) is 5.92 Å². The molecule has 2 unspecified atom stereocenters. The first-order valence-corrected chi connectivity index (χ1v) is 5.51. The van der Waals surface area contributed by atoms with Crippen LogP contribution in [0.5, 0.6) is 0 Å².